The van der Waals surface area contributed by atoms with Crippen LogP contribution in [0.25, 0.3) is 0 Å². The van der Waals surface area contributed by atoms with Crippen molar-refractivity contribution >= 4 is 11.9 Å². The number of unbranched alkanes of at least 4 members (excludes halogenated alkanes) is 1. The van der Waals surface area contributed by atoms with E-state index < -0.39 is 24.0 Å². The van der Waals surface area contributed by atoms with Gasteiger partial charge in [0, 0.05) is 13.0 Å². The number of carbonyl (C=O) groups is 2. The minimum atomic E-state index is -3.39. The van der Waals surface area contributed by atoms with E-state index >= 15 is 0 Å². The molecule has 5 nitrogen and oxygen atoms in total. The number of methoxy groups -OCH3 is 1. The second-order valence-corrected chi connectivity index (χ2v) is 4.55. The van der Waals surface area contributed by atoms with E-state index in [1.165, 1.54) is 7.11 Å². The number of rotatable bonds is 7. The molecule has 1 aliphatic rings. The average Bonchev–Trinajstić information content (AvgIpc) is 2.55. The molecule has 1 N–H and O–H groups in total. The average molecular weight is 279 g/mol. The summed E-state index contributed by atoms with van der Waals surface area (Å²) >= 11 is 0. The highest BCUT2D eigenvalue weighted by atomic mass is 19.3. The first-order valence-electron chi connectivity index (χ1n) is 6.26. The van der Waals surface area contributed by atoms with Crippen molar-refractivity contribution in [3.63, 3.8) is 0 Å². The Morgan fingerprint density at radius 2 is 2.11 bits per heavy atom. The molecule has 0 spiro atoms. The topological polar surface area (TPSA) is 64.6 Å². The smallest absolute Gasteiger partial charge is 0.329 e. The molecule has 0 aromatic rings. The van der Waals surface area contributed by atoms with Crippen LogP contribution >= 0.6 is 0 Å². The Hall–Kier alpha value is -1.24. The highest BCUT2D eigenvalue weighted by Gasteiger charge is 2.56. The van der Waals surface area contributed by atoms with E-state index in [9.17, 15) is 18.4 Å². The molecule has 0 aromatic heterocycles. The molecule has 0 aromatic carbocycles. The summed E-state index contributed by atoms with van der Waals surface area (Å²) in [5.74, 6) is -5.03. The first-order valence-corrected chi connectivity index (χ1v) is 6.26. The molecule has 0 radical (unpaired) electrons. The molecule has 1 fully saturated rings. The molecule has 7 heteroatoms. The van der Waals surface area contributed by atoms with Gasteiger partial charge in [0.1, 0.15) is 5.72 Å². The fourth-order valence-corrected chi connectivity index (χ4v) is 2.15. The number of hydrogen-bond acceptors (Lipinski definition) is 4. The number of amides is 1. The first-order chi connectivity index (χ1) is 8.85. The van der Waals surface area contributed by atoms with Gasteiger partial charge in [-0.2, -0.15) is 8.78 Å². The van der Waals surface area contributed by atoms with E-state index in [1.807, 2.05) is 0 Å². The SMILES string of the molecule is CCOC1(CCCCC(=O)OC)CC(F)(F)C(=O)N1. The van der Waals surface area contributed by atoms with Crippen LogP contribution in [0, 0.1) is 0 Å². The molecule has 1 unspecified atom stereocenters. The predicted molar refractivity (Wildman–Crippen MR) is 62.5 cm³/mol. The van der Waals surface area contributed by atoms with Gasteiger partial charge in [0.2, 0.25) is 0 Å². The third kappa shape index (κ3) is 4.12. The maximum absolute atomic E-state index is 13.3. The number of alkyl halides is 2. The maximum Gasteiger partial charge on any atom is 0.329 e. The molecule has 1 atom stereocenters. The van der Waals surface area contributed by atoms with Crippen molar-refractivity contribution < 1.29 is 27.8 Å². The van der Waals surface area contributed by atoms with Crippen molar-refractivity contribution in [2.24, 2.45) is 0 Å². The van der Waals surface area contributed by atoms with Crippen molar-refractivity contribution in [3.8, 4) is 0 Å². The highest BCUT2D eigenvalue weighted by Crippen LogP contribution is 2.37. The third-order valence-electron chi connectivity index (χ3n) is 3.04. The van der Waals surface area contributed by atoms with Crippen LogP contribution in [-0.4, -0.2) is 37.2 Å². The van der Waals surface area contributed by atoms with Gasteiger partial charge in [-0.05, 0) is 26.2 Å². The molecule has 0 bridgehead atoms. The van der Waals surface area contributed by atoms with E-state index in [4.69, 9.17) is 4.74 Å². The van der Waals surface area contributed by atoms with Gasteiger partial charge in [-0.25, -0.2) is 0 Å². The Bertz CT molecular complexity index is 349. The zero-order chi connectivity index (χ0) is 14.5. The Kier molecular flexibility index (Phi) is 5.22. The van der Waals surface area contributed by atoms with Gasteiger partial charge in [0.25, 0.3) is 5.91 Å². The molecule has 110 valence electrons. The number of esters is 1. The van der Waals surface area contributed by atoms with Crippen molar-refractivity contribution in [1.82, 2.24) is 5.32 Å². The first kappa shape index (κ1) is 15.8. The Labute approximate surface area is 110 Å². The summed E-state index contributed by atoms with van der Waals surface area (Å²) in [6, 6.07) is 0. The van der Waals surface area contributed by atoms with Crippen molar-refractivity contribution in [1.29, 1.82) is 0 Å². The molecule has 0 aliphatic carbocycles. The van der Waals surface area contributed by atoms with E-state index in [2.05, 4.69) is 10.1 Å². The Morgan fingerprint density at radius 3 is 2.58 bits per heavy atom. The number of hydrogen-bond donors (Lipinski definition) is 1. The summed E-state index contributed by atoms with van der Waals surface area (Å²) in [5.41, 5.74) is -1.31. The fraction of sp³-hybridized carbons (Fsp3) is 0.833. The highest BCUT2D eigenvalue weighted by molar-refractivity contribution is 5.86. The largest absolute Gasteiger partial charge is 0.469 e. The van der Waals surface area contributed by atoms with Crippen LogP contribution in [-0.2, 0) is 19.1 Å². The predicted octanol–water partition coefficient (Wildman–Crippen LogP) is 1.61. The molecule has 1 aliphatic heterocycles. The normalized spacial score (nSPS) is 25.2. The quantitative estimate of drug-likeness (QED) is 0.568. The van der Waals surface area contributed by atoms with Gasteiger partial charge >= 0.3 is 11.9 Å². The second-order valence-electron chi connectivity index (χ2n) is 4.55. The van der Waals surface area contributed by atoms with E-state index in [-0.39, 0.29) is 25.4 Å². The Balaban J connectivity index is 2.50. The second kappa shape index (κ2) is 6.27. The number of ether oxygens (including phenoxy) is 2. The number of carbonyl (C=O) groups excluding carboxylic acids is 2. The van der Waals surface area contributed by atoms with Gasteiger partial charge in [-0.1, -0.05) is 0 Å². The third-order valence-corrected chi connectivity index (χ3v) is 3.04. The molecular formula is C12H19F2NO4. The molecule has 1 heterocycles. The zero-order valence-corrected chi connectivity index (χ0v) is 11.1. The summed E-state index contributed by atoms with van der Waals surface area (Å²) in [4.78, 5) is 22.1. The minimum Gasteiger partial charge on any atom is -0.469 e. The lowest BCUT2D eigenvalue weighted by molar-refractivity contribution is -0.141. The summed E-state index contributed by atoms with van der Waals surface area (Å²) in [6.45, 7) is 1.91. The van der Waals surface area contributed by atoms with Crippen molar-refractivity contribution in [2.45, 2.75) is 50.7 Å². The Morgan fingerprint density at radius 1 is 1.42 bits per heavy atom. The molecule has 0 saturated carbocycles. The summed E-state index contributed by atoms with van der Waals surface area (Å²) in [7, 11) is 1.29. The monoisotopic (exact) mass is 279 g/mol. The zero-order valence-electron chi connectivity index (χ0n) is 11.1. The van der Waals surface area contributed by atoms with Gasteiger partial charge in [-0.3, -0.25) is 9.59 Å². The lowest BCUT2D eigenvalue weighted by atomic mass is 10.0. The fourth-order valence-electron chi connectivity index (χ4n) is 2.15. The molecule has 1 saturated heterocycles. The van der Waals surface area contributed by atoms with Crippen LogP contribution in [0.2, 0.25) is 0 Å². The van der Waals surface area contributed by atoms with Gasteiger partial charge in [0.05, 0.1) is 13.5 Å². The number of nitrogens with one attached hydrogen (secondary N) is 1. The van der Waals surface area contributed by atoms with E-state index in [1.54, 1.807) is 6.92 Å². The van der Waals surface area contributed by atoms with Crippen LogP contribution < -0.4 is 5.32 Å². The summed E-state index contributed by atoms with van der Waals surface area (Å²) < 4.78 is 36.4. The van der Waals surface area contributed by atoms with Gasteiger partial charge in [0.15, 0.2) is 0 Å². The summed E-state index contributed by atoms with van der Waals surface area (Å²) in [5, 5.41) is 2.23. The van der Waals surface area contributed by atoms with Gasteiger partial charge in [-0.15, -0.1) is 0 Å². The maximum atomic E-state index is 13.3. The van der Waals surface area contributed by atoms with Crippen LogP contribution in [0.1, 0.15) is 39.0 Å². The van der Waals surface area contributed by atoms with Crippen LogP contribution in [0.5, 0.6) is 0 Å². The van der Waals surface area contributed by atoms with Gasteiger partial charge < -0.3 is 14.8 Å². The van der Waals surface area contributed by atoms with Crippen LogP contribution in [0.3, 0.4) is 0 Å². The lowest BCUT2D eigenvalue weighted by Crippen LogP contribution is -2.44. The molecular weight excluding hydrogens is 260 g/mol. The molecule has 1 rings (SSSR count). The van der Waals surface area contributed by atoms with E-state index in [0.717, 1.165) is 0 Å². The number of halogens is 2. The van der Waals surface area contributed by atoms with Crippen molar-refractivity contribution in [3.05, 3.63) is 0 Å². The molecule has 1 amide bonds. The summed E-state index contributed by atoms with van der Waals surface area (Å²) in [6.07, 6.45) is 0.807. The van der Waals surface area contributed by atoms with Crippen LogP contribution in [0.15, 0.2) is 0 Å². The minimum absolute atomic E-state index is 0.225. The van der Waals surface area contributed by atoms with E-state index in [0.29, 0.717) is 12.8 Å². The lowest BCUT2D eigenvalue weighted by Gasteiger charge is -2.28. The van der Waals surface area contributed by atoms with Crippen molar-refractivity contribution in [2.75, 3.05) is 13.7 Å². The van der Waals surface area contributed by atoms with Crippen LogP contribution in [0.4, 0.5) is 8.78 Å². The molecule has 19 heavy (non-hydrogen) atoms. The standard InChI is InChI=1S/C12H19F2NO4/c1-3-19-11(7-5-4-6-9(16)18-2)8-12(13,14)10(17)15-11/h3-8H2,1-2H3,(H,15,17).